The summed E-state index contributed by atoms with van der Waals surface area (Å²) in [6.45, 7) is 6.80. The Morgan fingerprint density at radius 2 is 0.822 bits per heavy atom. The maximum atomic E-state index is 2.59. The number of benzene rings is 1. The molecule has 0 spiro atoms. The lowest BCUT2D eigenvalue weighted by Crippen LogP contribution is -2.37. The molecule has 0 aliphatic heterocycles. The van der Waals surface area contributed by atoms with E-state index in [4.69, 9.17) is 0 Å². The van der Waals surface area contributed by atoms with Crippen LogP contribution in [0.25, 0.3) is 0 Å². The Kier molecular flexibility index (Phi) is 26.2. The predicted molar refractivity (Wildman–Crippen MR) is 199 cm³/mol. The lowest BCUT2D eigenvalue weighted by atomic mass is 10.0. The first kappa shape index (κ1) is 39.6. The molecule has 0 fully saturated rings. The van der Waals surface area contributed by atoms with Gasteiger partial charge in [-0.15, -0.1) is 0 Å². The summed E-state index contributed by atoms with van der Waals surface area (Å²) >= 11 is 0. The molecule has 2 aromatic rings. The minimum atomic E-state index is 1.00. The van der Waals surface area contributed by atoms with Gasteiger partial charge >= 0.3 is 0 Å². The molecule has 0 unspecified atom stereocenters. The standard InChI is InChI=1S/C43H77N2/c1-3-5-7-9-11-13-15-17-18-19-20-21-22-24-26-28-33-37-43-44(39-40-45(43)41-42-35-31-30-32-36-42)38-34-29-27-25-23-16-14-12-10-8-6-4-2/h30-32,35-36,39-40H,3-29,33-34,37-38,41H2,1-2H3/q+1. The van der Waals surface area contributed by atoms with Gasteiger partial charge in [0, 0.05) is 6.42 Å². The molecule has 45 heavy (non-hydrogen) atoms. The molecular weight excluding hydrogens is 544 g/mol. The fourth-order valence-electron chi connectivity index (χ4n) is 7.04. The molecular formula is C43H77N2+. The van der Waals surface area contributed by atoms with Gasteiger partial charge in [-0.3, -0.25) is 0 Å². The second kappa shape index (κ2) is 29.8. The monoisotopic (exact) mass is 622 g/mol. The molecule has 0 N–H and O–H groups in total. The zero-order valence-corrected chi connectivity index (χ0v) is 30.6. The Hall–Kier alpha value is -1.57. The minimum Gasteiger partial charge on any atom is -0.234 e. The number of aryl methyl sites for hydroxylation is 1. The number of aromatic nitrogens is 2. The maximum Gasteiger partial charge on any atom is 0.256 e. The summed E-state index contributed by atoms with van der Waals surface area (Å²) in [5, 5.41) is 0. The van der Waals surface area contributed by atoms with Gasteiger partial charge in [0.05, 0.1) is 6.54 Å². The van der Waals surface area contributed by atoms with E-state index in [-0.39, 0.29) is 0 Å². The summed E-state index contributed by atoms with van der Waals surface area (Å²) in [5.41, 5.74) is 1.41. The Balaban J connectivity index is 1.56. The van der Waals surface area contributed by atoms with Gasteiger partial charge in [-0.2, -0.15) is 0 Å². The molecule has 1 aromatic heterocycles. The van der Waals surface area contributed by atoms with E-state index in [1.807, 2.05) is 0 Å². The molecule has 0 bridgehead atoms. The SMILES string of the molecule is CCCCCCCCCCCCCCCCCCCc1n(Cc2ccccc2)cc[n+]1CCCCCCCCCCCCCC. The summed E-state index contributed by atoms with van der Waals surface area (Å²) < 4.78 is 5.12. The van der Waals surface area contributed by atoms with Crippen LogP contribution in [0.4, 0.5) is 0 Å². The molecule has 0 saturated carbocycles. The number of nitrogens with zero attached hydrogens (tertiary/aromatic N) is 2. The number of hydrogen-bond donors (Lipinski definition) is 0. The van der Waals surface area contributed by atoms with Crippen molar-refractivity contribution < 1.29 is 4.57 Å². The Bertz CT molecular complexity index is 869. The van der Waals surface area contributed by atoms with Crippen molar-refractivity contribution in [1.29, 1.82) is 0 Å². The molecule has 2 nitrogen and oxygen atoms in total. The molecule has 0 amide bonds. The van der Waals surface area contributed by atoms with Crippen molar-refractivity contribution in [3.8, 4) is 0 Å². The average molecular weight is 622 g/mol. The lowest BCUT2D eigenvalue weighted by molar-refractivity contribution is -0.704. The molecule has 2 heteroatoms. The summed E-state index contributed by atoms with van der Waals surface area (Å²) in [6, 6.07) is 11.0. The van der Waals surface area contributed by atoms with Crippen LogP contribution in [0.1, 0.15) is 211 Å². The average Bonchev–Trinajstić information content (AvgIpc) is 3.44. The van der Waals surface area contributed by atoms with Crippen LogP contribution in [0.15, 0.2) is 42.7 Å². The molecule has 1 heterocycles. The smallest absolute Gasteiger partial charge is 0.234 e. The molecule has 0 saturated heterocycles. The summed E-state index contributed by atoms with van der Waals surface area (Å²) in [4.78, 5) is 0. The van der Waals surface area contributed by atoms with Crippen LogP contribution in [-0.2, 0) is 19.5 Å². The van der Waals surface area contributed by atoms with Crippen molar-refractivity contribution in [3.05, 3.63) is 54.1 Å². The topological polar surface area (TPSA) is 8.81 Å². The summed E-state index contributed by atoms with van der Waals surface area (Å²) in [6.07, 6.45) is 47.4. The highest BCUT2D eigenvalue weighted by Gasteiger charge is 2.17. The van der Waals surface area contributed by atoms with Gasteiger partial charge in [-0.25, -0.2) is 9.13 Å². The van der Waals surface area contributed by atoms with E-state index >= 15 is 0 Å². The normalized spacial score (nSPS) is 11.5. The highest BCUT2D eigenvalue weighted by Crippen LogP contribution is 2.16. The van der Waals surface area contributed by atoms with E-state index in [0.29, 0.717) is 0 Å². The van der Waals surface area contributed by atoms with Crippen LogP contribution >= 0.6 is 0 Å². The van der Waals surface area contributed by atoms with Crippen LogP contribution in [0.5, 0.6) is 0 Å². The number of rotatable bonds is 33. The van der Waals surface area contributed by atoms with Crippen molar-refractivity contribution in [2.24, 2.45) is 0 Å². The van der Waals surface area contributed by atoms with Crippen molar-refractivity contribution in [1.82, 2.24) is 4.57 Å². The largest absolute Gasteiger partial charge is 0.256 e. The van der Waals surface area contributed by atoms with Gasteiger partial charge in [0.1, 0.15) is 18.9 Å². The van der Waals surface area contributed by atoms with E-state index in [0.717, 1.165) is 6.54 Å². The van der Waals surface area contributed by atoms with Crippen LogP contribution in [0.2, 0.25) is 0 Å². The van der Waals surface area contributed by atoms with Gasteiger partial charge < -0.3 is 0 Å². The van der Waals surface area contributed by atoms with E-state index in [2.05, 4.69) is 65.7 Å². The molecule has 0 atom stereocenters. The van der Waals surface area contributed by atoms with Crippen LogP contribution in [0.3, 0.4) is 0 Å². The third-order valence-electron chi connectivity index (χ3n) is 10.0. The van der Waals surface area contributed by atoms with Crippen LogP contribution in [0, 0.1) is 0 Å². The summed E-state index contributed by atoms with van der Waals surface area (Å²) in [5.74, 6) is 1.54. The molecule has 258 valence electrons. The van der Waals surface area contributed by atoms with Gasteiger partial charge in [0.2, 0.25) is 0 Å². The number of imidazole rings is 1. The summed E-state index contributed by atoms with van der Waals surface area (Å²) in [7, 11) is 0. The van der Waals surface area contributed by atoms with Gasteiger partial charge in [0.25, 0.3) is 5.82 Å². The van der Waals surface area contributed by atoms with Gasteiger partial charge in [-0.1, -0.05) is 211 Å². The van der Waals surface area contributed by atoms with Crippen molar-refractivity contribution in [3.63, 3.8) is 0 Å². The first-order valence-electron chi connectivity index (χ1n) is 20.5. The van der Waals surface area contributed by atoms with Gasteiger partial charge in [0.15, 0.2) is 0 Å². The first-order valence-corrected chi connectivity index (χ1v) is 20.5. The maximum absolute atomic E-state index is 2.59. The zero-order valence-electron chi connectivity index (χ0n) is 30.6. The van der Waals surface area contributed by atoms with Gasteiger partial charge in [-0.05, 0) is 24.8 Å². The Morgan fingerprint density at radius 3 is 1.24 bits per heavy atom. The fraction of sp³-hybridized carbons (Fsp3) is 0.791. The van der Waals surface area contributed by atoms with E-state index < -0.39 is 0 Å². The number of unbranched alkanes of at least 4 members (excludes halogenated alkanes) is 27. The molecule has 1 aromatic carbocycles. The third-order valence-corrected chi connectivity index (χ3v) is 10.0. The van der Waals surface area contributed by atoms with Crippen LogP contribution < -0.4 is 4.57 Å². The van der Waals surface area contributed by atoms with E-state index in [9.17, 15) is 0 Å². The molecule has 0 aliphatic carbocycles. The minimum absolute atomic E-state index is 1.00. The molecule has 2 rings (SSSR count). The second-order valence-electron chi connectivity index (χ2n) is 14.3. The zero-order chi connectivity index (χ0) is 31.9. The first-order chi connectivity index (χ1) is 22.3. The third kappa shape index (κ3) is 21.8. The van der Waals surface area contributed by atoms with Crippen molar-refractivity contribution >= 4 is 0 Å². The highest BCUT2D eigenvalue weighted by atomic mass is 15.1. The van der Waals surface area contributed by atoms with Crippen LogP contribution in [-0.4, -0.2) is 4.57 Å². The lowest BCUT2D eigenvalue weighted by Gasteiger charge is -2.07. The number of hydrogen-bond acceptors (Lipinski definition) is 0. The molecule has 0 radical (unpaired) electrons. The van der Waals surface area contributed by atoms with Crippen molar-refractivity contribution in [2.75, 3.05) is 0 Å². The Morgan fingerprint density at radius 1 is 0.444 bits per heavy atom. The fourth-order valence-corrected chi connectivity index (χ4v) is 7.04. The van der Waals surface area contributed by atoms with E-state index in [1.165, 1.54) is 205 Å². The highest BCUT2D eigenvalue weighted by molar-refractivity contribution is 5.15. The molecule has 0 aliphatic rings. The van der Waals surface area contributed by atoms with E-state index in [1.54, 1.807) is 5.82 Å². The predicted octanol–water partition coefficient (Wildman–Crippen LogP) is 13.7. The van der Waals surface area contributed by atoms with Crippen molar-refractivity contribution in [2.45, 2.75) is 220 Å². The Labute approximate surface area is 282 Å². The second-order valence-corrected chi connectivity index (χ2v) is 14.3. The quantitative estimate of drug-likeness (QED) is 0.0554.